The van der Waals surface area contributed by atoms with E-state index in [4.69, 9.17) is 0 Å². The molecule has 0 radical (unpaired) electrons. The van der Waals surface area contributed by atoms with Crippen molar-refractivity contribution >= 4 is 5.78 Å². The van der Waals surface area contributed by atoms with E-state index < -0.39 is 0 Å². The zero-order chi connectivity index (χ0) is 14.8. The van der Waals surface area contributed by atoms with Crippen LogP contribution in [0.5, 0.6) is 0 Å². The highest BCUT2D eigenvalue weighted by atomic mass is 16.1. The average Bonchev–Trinajstić information content (AvgIpc) is 2.88. The molecule has 0 N–H and O–H groups in total. The molecule has 20 heavy (non-hydrogen) atoms. The molecule has 1 aromatic heterocycles. The summed E-state index contributed by atoms with van der Waals surface area (Å²) in [6.07, 6.45) is 7.97. The molecule has 2 rings (SSSR count). The van der Waals surface area contributed by atoms with Crippen LogP contribution in [0.2, 0.25) is 0 Å². The van der Waals surface area contributed by atoms with Crippen molar-refractivity contribution in [1.82, 2.24) is 14.7 Å². The summed E-state index contributed by atoms with van der Waals surface area (Å²) in [6.45, 7) is 4.20. The number of carbonyl (C=O) groups is 1. The van der Waals surface area contributed by atoms with Crippen LogP contribution in [-0.2, 0) is 11.2 Å². The van der Waals surface area contributed by atoms with E-state index in [0.717, 1.165) is 31.4 Å². The van der Waals surface area contributed by atoms with Crippen LogP contribution < -0.4 is 0 Å². The van der Waals surface area contributed by atoms with Gasteiger partial charge in [-0.15, -0.1) is 0 Å². The molecular weight excluding hydrogens is 250 g/mol. The van der Waals surface area contributed by atoms with Gasteiger partial charge in [0.2, 0.25) is 0 Å². The number of Topliss-reactive ketones (excluding diaryl/α,β-unsaturated/α-hetero) is 1. The van der Waals surface area contributed by atoms with E-state index in [2.05, 4.69) is 23.8 Å². The summed E-state index contributed by atoms with van der Waals surface area (Å²) in [5.41, 5.74) is 0.635. The van der Waals surface area contributed by atoms with E-state index in [9.17, 15) is 4.79 Å². The number of ketones is 1. The molecule has 0 atom stereocenters. The van der Waals surface area contributed by atoms with Crippen molar-refractivity contribution in [3.63, 3.8) is 0 Å². The lowest BCUT2D eigenvalue weighted by Crippen LogP contribution is -2.53. The molecule has 0 amide bonds. The highest BCUT2D eigenvalue weighted by Crippen LogP contribution is 2.33. The van der Waals surface area contributed by atoms with Gasteiger partial charge in [-0.2, -0.15) is 5.10 Å². The van der Waals surface area contributed by atoms with Crippen molar-refractivity contribution in [1.29, 1.82) is 0 Å². The molecule has 0 aromatic carbocycles. The van der Waals surface area contributed by atoms with Gasteiger partial charge in [0.15, 0.2) is 5.78 Å². The minimum absolute atomic E-state index is 0.264. The number of hydrogen-bond donors (Lipinski definition) is 0. The Morgan fingerprint density at radius 3 is 2.50 bits per heavy atom. The molecule has 0 unspecified atom stereocenters. The predicted octanol–water partition coefficient (Wildman–Crippen LogP) is 2.84. The molecule has 1 aliphatic rings. The lowest BCUT2D eigenvalue weighted by molar-refractivity contribution is -0.131. The first-order valence-corrected chi connectivity index (χ1v) is 7.70. The fourth-order valence-corrected chi connectivity index (χ4v) is 3.20. The second kappa shape index (κ2) is 6.08. The smallest absolute Gasteiger partial charge is 0.159 e. The molecular formula is C16H27N3O. The summed E-state index contributed by atoms with van der Waals surface area (Å²) in [6, 6.07) is 2.32. The number of carbonyl (C=O) groups excluding carboxylic acids is 1. The van der Waals surface area contributed by atoms with E-state index in [1.165, 1.54) is 6.42 Å². The minimum Gasteiger partial charge on any atom is -0.297 e. The molecule has 112 valence electrons. The Bertz CT molecular complexity index is 456. The van der Waals surface area contributed by atoms with Gasteiger partial charge < -0.3 is 0 Å². The Hall–Kier alpha value is -1.16. The van der Waals surface area contributed by atoms with Gasteiger partial charge in [-0.1, -0.05) is 19.3 Å². The van der Waals surface area contributed by atoms with Gasteiger partial charge in [0.25, 0.3) is 0 Å². The van der Waals surface area contributed by atoms with Crippen LogP contribution in [0.4, 0.5) is 0 Å². The maximum atomic E-state index is 12.8. The molecule has 0 aliphatic heterocycles. The van der Waals surface area contributed by atoms with E-state index in [-0.39, 0.29) is 5.54 Å². The van der Waals surface area contributed by atoms with E-state index >= 15 is 0 Å². The third-order valence-electron chi connectivity index (χ3n) is 4.59. The van der Waals surface area contributed by atoms with Crippen LogP contribution in [0.25, 0.3) is 0 Å². The van der Waals surface area contributed by atoms with Crippen LogP contribution in [0.3, 0.4) is 0 Å². The summed E-state index contributed by atoms with van der Waals surface area (Å²) < 4.78 is 1.92. The predicted molar refractivity (Wildman–Crippen MR) is 80.8 cm³/mol. The van der Waals surface area contributed by atoms with Crippen LogP contribution in [0, 0.1) is 0 Å². The Morgan fingerprint density at radius 2 is 2.00 bits per heavy atom. The first-order chi connectivity index (χ1) is 9.45. The summed E-state index contributed by atoms with van der Waals surface area (Å²) in [5, 5.41) is 4.51. The molecule has 1 aliphatic carbocycles. The molecule has 1 aromatic rings. The second-order valence-electron chi connectivity index (χ2n) is 6.47. The third-order valence-corrected chi connectivity index (χ3v) is 4.59. The van der Waals surface area contributed by atoms with Gasteiger partial charge in [0.05, 0.1) is 17.7 Å². The zero-order valence-corrected chi connectivity index (χ0v) is 13.2. The molecule has 1 fully saturated rings. The third kappa shape index (κ3) is 2.95. The van der Waals surface area contributed by atoms with Gasteiger partial charge >= 0.3 is 0 Å². The topological polar surface area (TPSA) is 38.1 Å². The van der Waals surface area contributed by atoms with Crippen molar-refractivity contribution in [2.75, 3.05) is 14.1 Å². The van der Waals surface area contributed by atoms with Crippen molar-refractivity contribution in [3.05, 3.63) is 18.0 Å². The normalized spacial score (nSPS) is 18.7. The fourth-order valence-electron chi connectivity index (χ4n) is 3.20. The largest absolute Gasteiger partial charge is 0.297 e. The summed E-state index contributed by atoms with van der Waals surface area (Å²) in [5.74, 6) is 0.330. The summed E-state index contributed by atoms with van der Waals surface area (Å²) in [7, 11) is 4.08. The maximum Gasteiger partial charge on any atom is 0.159 e. The van der Waals surface area contributed by atoms with Gasteiger partial charge in [-0.05, 0) is 46.9 Å². The first kappa shape index (κ1) is 15.2. The minimum atomic E-state index is -0.264. The quantitative estimate of drug-likeness (QED) is 0.830. The lowest BCUT2D eigenvalue weighted by atomic mass is 9.76. The molecule has 1 heterocycles. The van der Waals surface area contributed by atoms with Gasteiger partial charge in [0, 0.05) is 12.2 Å². The maximum absolute atomic E-state index is 12.8. The summed E-state index contributed by atoms with van der Waals surface area (Å²) >= 11 is 0. The molecule has 0 bridgehead atoms. The molecule has 4 heteroatoms. The van der Waals surface area contributed by atoms with Gasteiger partial charge in [-0.3, -0.25) is 14.4 Å². The molecule has 0 spiro atoms. The van der Waals surface area contributed by atoms with Crippen LogP contribution in [0.1, 0.15) is 57.7 Å². The molecule has 1 saturated carbocycles. The monoisotopic (exact) mass is 277 g/mol. The number of rotatable bonds is 5. The van der Waals surface area contributed by atoms with E-state index in [0.29, 0.717) is 18.2 Å². The van der Waals surface area contributed by atoms with E-state index in [1.54, 1.807) is 0 Å². The highest BCUT2D eigenvalue weighted by Gasteiger charge is 2.40. The standard InChI is InChI=1S/C16H27N3O/c1-13(2)19-11-8-14(17-19)12-15(20)16(18(3)4)9-6-5-7-10-16/h8,11,13H,5-7,9-10,12H2,1-4H3. The fraction of sp³-hybridized carbons (Fsp3) is 0.750. The zero-order valence-electron chi connectivity index (χ0n) is 13.2. The second-order valence-corrected chi connectivity index (χ2v) is 6.47. The Labute approximate surface area is 122 Å². The van der Waals surface area contributed by atoms with Crippen molar-refractivity contribution in [2.45, 2.75) is 64.0 Å². The highest BCUT2D eigenvalue weighted by molar-refractivity contribution is 5.90. The first-order valence-electron chi connectivity index (χ1n) is 7.70. The van der Waals surface area contributed by atoms with Crippen molar-refractivity contribution in [2.24, 2.45) is 0 Å². The number of aromatic nitrogens is 2. The van der Waals surface area contributed by atoms with Crippen LogP contribution >= 0.6 is 0 Å². The number of nitrogens with zero attached hydrogens (tertiary/aromatic N) is 3. The Kier molecular flexibility index (Phi) is 4.63. The molecule has 4 nitrogen and oxygen atoms in total. The van der Waals surface area contributed by atoms with Crippen LogP contribution in [0.15, 0.2) is 12.3 Å². The van der Waals surface area contributed by atoms with Crippen molar-refractivity contribution in [3.8, 4) is 0 Å². The van der Waals surface area contributed by atoms with E-state index in [1.807, 2.05) is 31.0 Å². The average molecular weight is 277 g/mol. The number of likely N-dealkylation sites (N-methyl/N-ethyl adjacent to an activating group) is 1. The number of hydrogen-bond acceptors (Lipinski definition) is 3. The van der Waals surface area contributed by atoms with Gasteiger partial charge in [-0.25, -0.2) is 0 Å². The Balaban J connectivity index is 2.12. The van der Waals surface area contributed by atoms with Crippen molar-refractivity contribution < 1.29 is 4.79 Å². The lowest BCUT2D eigenvalue weighted by Gasteiger charge is -2.41. The molecule has 0 saturated heterocycles. The summed E-state index contributed by atoms with van der Waals surface area (Å²) in [4.78, 5) is 15.0. The SMILES string of the molecule is CC(C)n1ccc(CC(=O)C2(N(C)C)CCCCC2)n1. The van der Waals surface area contributed by atoms with Gasteiger partial charge in [0.1, 0.15) is 0 Å². The Morgan fingerprint density at radius 1 is 1.35 bits per heavy atom. The van der Waals surface area contributed by atoms with Crippen LogP contribution in [-0.4, -0.2) is 40.1 Å².